The summed E-state index contributed by atoms with van der Waals surface area (Å²) >= 11 is 7.55. The monoisotopic (exact) mass is 450 g/mol. The lowest BCUT2D eigenvalue weighted by Gasteiger charge is -2.23. The molecule has 1 fully saturated rings. The van der Waals surface area contributed by atoms with Gasteiger partial charge in [-0.1, -0.05) is 29.8 Å². The van der Waals surface area contributed by atoms with Crippen LogP contribution in [-0.2, 0) is 0 Å². The molecule has 0 aliphatic carbocycles. The van der Waals surface area contributed by atoms with Gasteiger partial charge in [0.05, 0.1) is 11.9 Å². The van der Waals surface area contributed by atoms with Crippen LogP contribution in [0, 0.1) is 0 Å². The Morgan fingerprint density at radius 3 is 2.72 bits per heavy atom. The normalized spacial score (nSPS) is 14.1. The summed E-state index contributed by atoms with van der Waals surface area (Å²) in [5, 5.41) is 9.06. The Hall–Kier alpha value is -2.19. The van der Waals surface area contributed by atoms with Gasteiger partial charge in [-0.05, 0) is 44.1 Å². The average Bonchev–Trinajstić information content (AvgIpc) is 3.18. The van der Waals surface area contributed by atoms with Crippen molar-refractivity contribution in [3.8, 4) is 17.0 Å². The number of thiazole rings is 1. The largest absolute Gasteiger partial charge is 0.489 e. The number of hydrogen-bond acceptors (Lipinski definition) is 6. The second-order valence-electron chi connectivity index (χ2n) is 6.42. The fourth-order valence-electron chi connectivity index (χ4n) is 2.98. The maximum atomic E-state index is 12.4. The highest BCUT2D eigenvalue weighted by Crippen LogP contribution is 2.30. The third kappa shape index (κ3) is 5.45. The third-order valence-corrected chi connectivity index (χ3v) is 5.52. The molecule has 0 spiro atoms. The van der Waals surface area contributed by atoms with Crippen molar-refractivity contribution < 1.29 is 9.53 Å². The Bertz CT molecular complexity index is 959. The van der Waals surface area contributed by atoms with Crippen LogP contribution >= 0.6 is 35.3 Å². The number of nitrogens with zero attached hydrogens (tertiary/aromatic N) is 2. The summed E-state index contributed by atoms with van der Waals surface area (Å²) in [7, 11) is 0. The maximum Gasteiger partial charge on any atom is 0.276 e. The Balaban J connectivity index is 0.00000240. The Kier molecular flexibility index (Phi) is 7.44. The van der Waals surface area contributed by atoms with Crippen molar-refractivity contribution in [3.63, 3.8) is 0 Å². The van der Waals surface area contributed by atoms with Crippen molar-refractivity contribution in [2.45, 2.75) is 18.9 Å². The summed E-state index contributed by atoms with van der Waals surface area (Å²) in [5.41, 5.74) is 1.87. The van der Waals surface area contributed by atoms with E-state index in [4.69, 9.17) is 16.3 Å². The van der Waals surface area contributed by atoms with Crippen LogP contribution in [0.1, 0.15) is 23.3 Å². The van der Waals surface area contributed by atoms with E-state index >= 15 is 0 Å². The smallest absolute Gasteiger partial charge is 0.276 e. The van der Waals surface area contributed by atoms with Crippen LogP contribution < -0.4 is 15.4 Å². The molecule has 0 atom stereocenters. The zero-order valence-corrected chi connectivity index (χ0v) is 17.8. The van der Waals surface area contributed by atoms with Gasteiger partial charge in [0.2, 0.25) is 0 Å². The molecule has 6 nitrogen and oxygen atoms in total. The summed E-state index contributed by atoms with van der Waals surface area (Å²) in [4.78, 5) is 21.1. The first kappa shape index (κ1) is 21.5. The lowest BCUT2D eigenvalue weighted by Crippen LogP contribution is -2.34. The van der Waals surface area contributed by atoms with Crippen molar-refractivity contribution >= 4 is 46.4 Å². The number of benzene rings is 1. The highest BCUT2D eigenvalue weighted by atomic mass is 35.5. The fraction of sp³-hybridized carbons (Fsp3) is 0.250. The van der Waals surface area contributed by atoms with E-state index in [1.807, 2.05) is 29.6 Å². The molecule has 1 saturated heterocycles. The van der Waals surface area contributed by atoms with E-state index in [1.165, 1.54) is 11.3 Å². The molecule has 2 aromatic heterocycles. The Morgan fingerprint density at radius 2 is 2.00 bits per heavy atom. The Morgan fingerprint density at radius 1 is 1.21 bits per heavy atom. The van der Waals surface area contributed by atoms with Gasteiger partial charge in [-0.2, -0.15) is 0 Å². The predicted octanol–water partition coefficient (Wildman–Crippen LogP) is 4.66. The zero-order chi connectivity index (χ0) is 19.3. The molecule has 0 unspecified atom stereocenters. The first-order chi connectivity index (χ1) is 13.7. The van der Waals surface area contributed by atoms with E-state index in [9.17, 15) is 4.79 Å². The number of carbonyl (C=O) groups excluding carboxylic acids is 1. The number of halogens is 2. The van der Waals surface area contributed by atoms with E-state index in [0.717, 1.165) is 37.2 Å². The maximum absolute atomic E-state index is 12.4. The molecule has 3 heterocycles. The van der Waals surface area contributed by atoms with E-state index < -0.39 is 0 Å². The van der Waals surface area contributed by atoms with Gasteiger partial charge in [-0.25, -0.2) is 9.97 Å². The topological polar surface area (TPSA) is 76.1 Å². The zero-order valence-electron chi connectivity index (χ0n) is 15.4. The summed E-state index contributed by atoms with van der Waals surface area (Å²) < 4.78 is 5.91. The number of anilines is 1. The molecular weight excluding hydrogens is 431 g/mol. The van der Waals surface area contributed by atoms with Gasteiger partial charge in [0.15, 0.2) is 5.13 Å². The lowest BCUT2D eigenvalue weighted by molar-refractivity contribution is 0.102. The molecule has 152 valence electrons. The molecular formula is C20H20Cl2N4O2S. The van der Waals surface area contributed by atoms with Gasteiger partial charge in [-0.3, -0.25) is 10.1 Å². The molecule has 2 N–H and O–H groups in total. The van der Waals surface area contributed by atoms with Crippen LogP contribution in [0.15, 0.2) is 48.0 Å². The number of nitrogens with one attached hydrogen (secondary N) is 2. The number of piperidine rings is 1. The number of ether oxygens (including phenoxy) is 1. The van der Waals surface area contributed by atoms with E-state index in [0.29, 0.717) is 21.6 Å². The molecule has 1 amide bonds. The number of pyridine rings is 1. The third-order valence-electron chi connectivity index (χ3n) is 4.43. The van der Waals surface area contributed by atoms with Gasteiger partial charge in [0.25, 0.3) is 5.91 Å². The van der Waals surface area contributed by atoms with Crippen LogP contribution in [0.5, 0.6) is 5.75 Å². The molecule has 9 heteroatoms. The standard InChI is InChI=1S/C20H19ClN4O2S.ClH/c21-16-4-2-1-3-15(16)18-12-28-20(24-18)25-19(26)17-6-5-14(11-23-17)27-13-7-9-22-10-8-13;/h1-6,11-13,22H,7-10H2,(H,24,25,26);1H. The number of amides is 1. The molecule has 0 radical (unpaired) electrons. The van der Waals surface area contributed by atoms with Crippen molar-refractivity contribution in [2.75, 3.05) is 18.4 Å². The molecule has 3 aromatic rings. The van der Waals surface area contributed by atoms with Crippen LogP contribution in [0.2, 0.25) is 5.02 Å². The van der Waals surface area contributed by atoms with Gasteiger partial charge in [0.1, 0.15) is 17.5 Å². The number of hydrogen-bond donors (Lipinski definition) is 2. The first-order valence-corrected chi connectivity index (χ1v) is 10.3. The second-order valence-corrected chi connectivity index (χ2v) is 7.68. The minimum Gasteiger partial charge on any atom is -0.489 e. The number of rotatable bonds is 5. The van der Waals surface area contributed by atoms with Crippen LogP contribution in [0.25, 0.3) is 11.3 Å². The van der Waals surface area contributed by atoms with Crippen LogP contribution in [0.4, 0.5) is 5.13 Å². The molecule has 0 saturated carbocycles. The average molecular weight is 451 g/mol. The van der Waals surface area contributed by atoms with Gasteiger partial charge in [0, 0.05) is 16.0 Å². The van der Waals surface area contributed by atoms with Crippen LogP contribution in [-0.4, -0.2) is 35.1 Å². The second kappa shape index (κ2) is 10.0. The van der Waals surface area contributed by atoms with Crippen molar-refractivity contribution in [1.82, 2.24) is 15.3 Å². The minimum absolute atomic E-state index is 0. The SMILES string of the molecule is Cl.O=C(Nc1nc(-c2ccccc2Cl)cs1)c1ccc(OC2CCNCC2)cn1. The van der Waals surface area contributed by atoms with E-state index in [2.05, 4.69) is 20.6 Å². The molecule has 0 bridgehead atoms. The quantitative estimate of drug-likeness (QED) is 0.590. The van der Waals surface area contributed by atoms with Gasteiger partial charge < -0.3 is 10.1 Å². The number of carbonyl (C=O) groups is 1. The number of aromatic nitrogens is 2. The lowest BCUT2D eigenvalue weighted by atomic mass is 10.1. The summed E-state index contributed by atoms with van der Waals surface area (Å²) in [6.07, 6.45) is 3.73. The van der Waals surface area contributed by atoms with E-state index in [1.54, 1.807) is 18.3 Å². The highest BCUT2D eigenvalue weighted by molar-refractivity contribution is 7.14. The summed E-state index contributed by atoms with van der Waals surface area (Å²) in [5.74, 6) is 0.368. The molecule has 29 heavy (non-hydrogen) atoms. The molecule has 1 aliphatic heterocycles. The highest BCUT2D eigenvalue weighted by Gasteiger charge is 2.16. The molecule has 1 aliphatic rings. The van der Waals surface area contributed by atoms with Crippen LogP contribution in [0.3, 0.4) is 0 Å². The Labute approximate surface area is 184 Å². The van der Waals surface area contributed by atoms with Gasteiger partial charge >= 0.3 is 0 Å². The molecule has 4 rings (SSSR count). The van der Waals surface area contributed by atoms with Crippen molar-refractivity contribution in [1.29, 1.82) is 0 Å². The van der Waals surface area contributed by atoms with Crippen molar-refractivity contribution in [3.05, 3.63) is 58.7 Å². The predicted molar refractivity (Wildman–Crippen MR) is 119 cm³/mol. The summed E-state index contributed by atoms with van der Waals surface area (Å²) in [6.45, 7) is 1.92. The first-order valence-electron chi connectivity index (χ1n) is 9.04. The van der Waals surface area contributed by atoms with E-state index in [-0.39, 0.29) is 24.4 Å². The van der Waals surface area contributed by atoms with Gasteiger partial charge in [-0.15, -0.1) is 23.7 Å². The fourth-order valence-corrected chi connectivity index (χ4v) is 3.91. The van der Waals surface area contributed by atoms with Crippen molar-refractivity contribution in [2.24, 2.45) is 0 Å². The molecule has 1 aromatic carbocycles. The minimum atomic E-state index is -0.312. The summed E-state index contributed by atoms with van der Waals surface area (Å²) in [6, 6.07) is 10.9.